The molecule has 20 heavy (non-hydrogen) atoms. The number of hydrogen-bond acceptors (Lipinski definition) is 2. The number of nitrogens with zero attached hydrogens (tertiary/aromatic N) is 2. The highest BCUT2D eigenvalue weighted by atomic mass is 35.5. The van der Waals surface area contributed by atoms with Gasteiger partial charge in [-0.05, 0) is 30.5 Å². The van der Waals surface area contributed by atoms with Crippen molar-refractivity contribution in [2.75, 3.05) is 6.54 Å². The zero-order valence-corrected chi connectivity index (χ0v) is 11.8. The normalized spacial score (nSPS) is 18.2. The SMILES string of the molecule is O=C(c1cccnc1Cl)N1CCCC1c1ccccc1. The summed E-state index contributed by atoms with van der Waals surface area (Å²) in [5, 5.41) is 0.274. The quantitative estimate of drug-likeness (QED) is 0.789. The maximum Gasteiger partial charge on any atom is 0.257 e. The summed E-state index contributed by atoms with van der Waals surface area (Å²) in [5.74, 6) is -0.0329. The molecule has 0 N–H and O–H groups in total. The van der Waals surface area contributed by atoms with Crippen molar-refractivity contribution in [3.8, 4) is 0 Å². The van der Waals surface area contributed by atoms with E-state index in [2.05, 4.69) is 17.1 Å². The van der Waals surface area contributed by atoms with Crippen molar-refractivity contribution < 1.29 is 4.79 Å². The van der Waals surface area contributed by atoms with E-state index in [-0.39, 0.29) is 17.1 Å². The van der Waals surface area contributed by atoms with Gasteiger partial charge < -0.3 is 4.90 Å². The van der Waals surface area contributed by atoms with Gasteiger partial charge in [-0.25, -0.2) is 4.98 Å². The lowest BCUT2D eigenvalue weighted by Gasteiger charge is -2.25. The summed E-state index contributed by atoms with van der Waals surface area (Å²) >= 11 is 6.03. The number of benzene rings is 1. The Bertz CT molecular complexity index is 615. The van der Waals surface area contributed by atoms with Crippen molar-refractivity contribution in [3.05, 3.63) is 64.9 Å². The van der Waals surface area contributed by atoms with Crippen LogP contribution in [-0.2, 0) is 0 Å². The Morgan fingerprint density at radius 3 is 2.75 bits per heavy atom. The van der Waals surface area contributed by atoms with Crippen LogP contribution in [0.5, 0.6) is 0 Å². The highest BCUT2D eigenvalue weighted by Crippen LogP contribution is 2.33. The van der Waals surface area contributed by atoms with E-state index in [4.69, 9.17) is 11.6 Å². The summed E-state index contributed by atoms with van der Waals surface area (Å²) in [6.07, 6.45) is 3.61. The van der Waals surface area contributed by atoms with Crippen molar-refractivity contribution in [2.45, 2.75) is 18.9 Å². The molecule has 102 valence electrons. The monoisotopic (exact) mass is 286 g/mol. The molecule has 2 aromatic rings. The first-order chi connectivity index (χ1) is 9.77. The number of pyridine rings is 1. The Labute approximate surface area is 123 Å². The Balaban J connectivity index is 1.90. The van der Waals surface area contributed by atoms with Crippen LogP contribution < -0.4 is 0 Å². The van der Waals surface area contributed by atoms with Crippen molar-refractivity contribution in [3.63, 3.8) is 0 Å². The first-order valence-corrected chi connectivity index (χ1v) is 7.11. The number of rotatable bonds is 2. The third kappa shape index (κ3) is 2.41. The van der Waals surface area contributed by atoms with Crippen molar-refractivity contribution in [1.29, 1.82) is 0 Å². The fraction of sp³-hybridized carbons (Fsp3) is 0.250. The minimum atomic E-state index is -0.0329. The van der Waals surface area contributed by atoms with E-state index in [0.717, 1.165) is 19.4 Å². The minimum absolute atomic E-state index is 0.0329. The van der Waals surface area contributed by atoms with Crippen LogP contribution in [0.4, 0.5) is 0 Å². The molecule has 3 nitrogen and oxygen atoms in total. The topological polar surface area (TPSA) is 33.2 Å². The molecule has 0 radical (unpaired) electrons. The average molecular weight is 287 g/mol. The van der Waals surface area contributed by atoms with Gasteiger partial charge in [0, 0.05) is 12.7 Å². The molecule has 0 aliphatic carbocycles. The maximum atomic E-state index is 12.7. The summed E-state index contributed by atoms with van der Waals surface area (Å²) < 4.78 is 0. The molecule has 1 aliphatic rings. The van der Waals surface area contributed by atoms with Crippen LogP contribution in [0.3, 0.4) is 0 Å². The Morgan fingerprint density at radius 1 is 1.20 bits per heavy atom. The van der Waals surface area contributed by atoms with E-state index in [1.807, 2.05) is 23.1 Å². The van der Waals surface area contributed by atoms with Crippen molar-refractivity contribution >= 4 is 17.5 Å². The number of aromatic nitrogens is 1. The summed E-state index contributed by atoms with van der Waals surface area (Å²) in [5.41, 5.74) is 1.66. The largest absolute Gasteiger partial charge is 0.332 e. The molecule has 1 fully saturated rings. The molecule has 1 amide bonds. The Kier molecular flexibility index (Phi) is 3.70. The zero-order chi connectivity index (χ0) is 13.9. The van der Waals surface area contributed by atoms with E-state index in [1.54, 1.807) is 18.3 Å². The molecule has 1 unspecified atom stereocenters. The second kappa shape index (κ2) is 5.63. The molecule has 1 aromatic carbocycles. The van der Waals surface area contributed by atoms with Crippen LogP contribution in [-0.4, -0.2) is 22.3 Å². The van der Waals surface area contributed by atoms with Gasteiger partial charge in [-0.15, -0.1) is 0 Å². The summed E-state index contributed by atoms with van der Waals surface area (Å²) in [6, 6.07) is 13.8. The molecular formula is C16H15ClN2O. The fourth-order valence-electron chi connectivity index (χ4n) is 2.73. The number of amides is 1. The van der Waals surface area contributed by atoms with E-state index in [0.29, 0.717) is 5.56 Å². The number of hydrogen-bond donors (Lipinski definition) is 0. The van der Waals surface area contributed by atoms with E-state index < -0.39 is 0 Å². The lowest BCUT2D eigenvalue weighted by atomic mass is 10.0. The second-order valence-corrected chi connectivity index (χ2v) is 5.27. The van der Waals surface area contributed by atoms with E-state index in [1.165, 1.54) is 5.56 Å². The van der Waals surface area contributed by atoms with Crippen LogP contribution in [0.25, 0.3) is 0 Å². The van der Waals surface area contributed by atoms with Crippen molar-refractivity contribution in [2.24, 2.45) is 0 Å². The van der Waals surface area contributed by atoms with Crippen LogP contribution in [0, 0.1) is 0 Å². The van der Waals surface area contributed by atoms with Crippen LogP contribution >= 0.6 is 11.6 Å². The van der Waals surface area contributed by atoms with Gasteiger partial charge >= 0.3 is 0 Å². The Hall–Kier alpha value is -1.87. The van der Waals surface area contributed by atoms with Gasteiger partial charge in [0.05, 0.1) is 11.6 Å². The number of carbonyl (C=O) groups is 1. The molecule has 0 spiro atoms. The molecule has 0 saturated carbocycles. The molecule has 3 rings (SSSR count). The zero-order valence-electron chi connectivity index (χ0n) is 11.0. The summed E-state index contributed by atoms with van der Waals surface area (Å²) in [6.45, 7) is 0.767. The molecule has 1 atom stereocenters. The second-order valence-electron chi connectivity index (χ2n) is 4.91. The van der Waals surface area contributed by atoms with Gasteiger partial charge in [0.15, 0.2) is 0 Å². The Morgan fingerprint density at radius 2 is 2.00 bits per heavy atom. The predicted octanol–water partition coefficient (Wildman–Crippen LogP) is 3.71. The van der Waals surface area contributed by atoms with E-state index >= 15 is 0 Å². The third-order valence-electron chi connectivity index (χ3n) is 3.69. The van der Waals surface area contributed by atoms with Crippen molar-refractivity contribution in [1.82, 2.24) is 9.88 Å². The summed E-state index contributed by atoms with van der Waals surface area (Å²) in [7, 11) is 0. The molecule has 4 heteroatoms. The van der Waals surface area contributed by atoms with Gasteiger partial charge in [-0.1, -0.05) is 41.9 Å². The number of carbonyl (C=O) groups excluding carboxylic acids is 1. The van der Waals surface area contributed by atoms with Gasteiger partial charge in [-0.2, -0.15) is 0 Å². The van der Waals surface area contributed by atoms with Gasteiger partial charge in [0.2, 0.25) is 0 Å². The molecule has 1 saturated heterocycles. The van der Waals surface area contributed by atoms with Crippen LogP contribution in [0.2, 0.25) is 5.15 Å². The van der Waals surface area contributed by atoms with Gasteiger partial charge in [0.1, 0.15) is 5.15 Å². The predicted molar refractivity (Wildman–Crippen MR) is 78.7 cm³/mol. The molecular weight excluding hydrogens is 272 g/mol. The average Bonchev–Trinajstić information content (AvgIpc) is 2.97. The van der Waals surface area contributed by atoms with Crippen LogP contribution in [0.15, 0.2) is 48.7 Å². The minimum Gasteiger partial charge on any atom is -0.332 e. The number of halogens is 1. The lowest BCUT2D eigenvalue weighted by Crippen LogP contribution is -2.30. The van der Waals surface area contributed by atoms with E-state index in [9.17, 15) is 4.79 Å². The molecule has 1 aliphatic heterocycles. The highest BCUT2D eigenvalue weighted by molar-refractivity contribution is 6.32. The lowest BCUT2D eigenvalue weighted by molar-refractivity contribution is 0.0735. The molecule has 0 bridgehead atoms. The van der Waals surface area contributed by atoms with Gasteiger partial charge in [-0.3, -0.25) is 4.79 Å². The molecule has 1 aromatic heterocycles. The third-order valence-corrected chi connectivity index (χ3v) is 3.99. The first-order valence-electron chi connectivity index (χ1n) is 6.74. The fourth-order valence-corrected chi connectivity index (χ4v) is 2.93. The maximum absolute atomic E-state index is 12.7. The standard InChI is InChI=1S/C16H15ClN2O/c17-15-13(8-4-10-18-15)16(20)19-11-5-9-14(19)12-6-2-1-3-7-12/h1-4,6-8,10,14H,5,9,11H2. The summed E-state index contributed by atoms with van der Waals surface area (Å²) in [4.78, 5) is 18.5. The molecule has 2 heterocycles. The smallest absolute Gasteiger partial charge is 0.257 e. The first kappa shape index (κ1) is 13.1. The highest BCUT2D eigenvalue weighted by Gasteiger charge is 2.31. The number of likely N-dealkylation sites (tertiary alicyclic amines) is 1. The van der Waals surface area contributed by atoms with Gasteiger partial charge in [0.25, 0.3) is 5.91 Å². The van der Waals surface area contributed by atoms with Crippen LogP contribution in [0.1, 0.15) is 34.8 Å².